The molecule has 1 aromatic heterocycles. The molecule has 1 heterocycles. The van der Waals surface area contributed by atoms with E-state index in [4.69, 9.17) is 9.68 Å². The van der Waals surface area contributed by atoms with Crippen molar-refractivity contribution in [2.75, 3.05) is 25.5 Å². The highest BCUT2D eigenvalue weighted by molar-refractivity contribution is 5.98. The molecule has 0 atom stereocenters. The average molecular weight is 489 g/mol. The predicted molar refractivity (Wildman–Crippen MR) is 143 cm³/mol. The summed E-state index contributed by atoms with van der Waals surface area (Å²) >= 11 is 0. The first-order valence-electron chi connectivity index (χ1n) is 12.5. The van der Waals surface area contributed by atoms with Gasteiger partial charge in [-0.2, -0.15) is 5.26 Å². The molecule has 36 heavy (non-hydrogen) atoms. The summed E-state index contributed by atoms with van der Waals surface area (Å²) < 4.78 is 5.80. The molecule has 7 heteroatoms. The molecule has 2 aromatic carbocycles. The highest BCUT2D eigenvalue weighted by atomic mass is 16.3. The van der Waals surface area contributed by atoms with Crippen molar-refractivity contribution in [1.82, 2.24) is 9.80 Å². The maximum atomic E-state index is 13.0. The summed E-state index contributed by atoms with van der Waals surface area (Å²) in [6, 6.07) is 16.3. The van der Waals surface area contributed by atoms with E-state index in [1.807, 2.05) is 17.0 Å². The fourth-order valence-electron chi connectivity index (χ4n) is 3.85. The van der Waals surface area contributed by atoms with Crippen LogP contribution in [0.2, 0.25) is 0 Å². The number of hydrogen-bond donors (Lipinski definition) is 1. The molecule has 0 spiro atoms. The van der Waals surface area contributed by atoms with Crippen molar-refractivity contribution in [1.29, 1.82) is 5.26 Å². The number of anilines is 1. The molecule has 3 aromatic rings. The number of amides is 3. The Morgan fingerprint density at radius 1 is 1.00 bits per heavy atom. The molecule has 0 aliphatic carbocycles. The lowest BCUT2D eigenvalue weighted by molar-refractivity contribution is 0.0756. The van der Waals surface area contributed by atoms with Gasteiger partial charge in [0.1, 0.15) is 5.58 Å². The summed E-state index contributed by atoms with van der Waals surface area (Å²) in [5.74, 6) is 1.01. The van der Waals surface area contributed by atoms with E-state index in [2.05, 4.69) is 39.1 Å². The van der Waals surface area contributed by atoms with E-state index in [1.165, 1.54) is 0 Å². The number of nitrogens with zero attached hydrogens (tertiary/aromatic N) is 3. The number of carbonyl (C=O) groups excluding carboxylic acids is 2. The lowest BCUT2D eigenvalue weighted by Crippen LogP contribution is -2.37. The Morgan fingerprint density at radius 3 is 2.33 bits per heavy atom. The number of hydrogen-bond acceptors (Lipinski definition) is 4. The Balaban J connectivity index is 1.70. The molecule has 0 saturated carbocycles. The zero-order chi connectivity index (χ0) is 26.2. The number of rotatable bonds is 10. The van der Waals surface area contributed by atoms with Gasteiger partial charge in [-0.1, -0.05) is 39.8 Å². The highest BCUT2D eigenvalue weighted by Gasteiger charge is 2.19. The van der Waals surface area contributed by atoms with E-state index < -0.39 is 0 Å². The number of fused-ring (bicyclic) bond motifs is 1. The maximum absolute atomic E-state index is 13.0. The minimum Gasteiger partial charge on any atom is -0.451 e. The molecule has 0 bridgehead atoms. The van der Waals surface area contributed by atoms with Gasteiger partial charge in [-0.15, -0.1) is 0 Å². The van der Waals surface area contributed by atoms with Crippen LogP contribution < -0.4 is 5.32 Å². The van der Waals surface area contributed by atoms with Crippen molar-refractivity contribution >= 4 is 28.6 Å². The van der Waals surface area contributed by atoms with Crippen LogP contribution in [-0.2, 0) is 6.54 Å². The first-order valence-corrected chi connectivity index (χ1v) is 12.5. The van der Waals surface area contributed by atoms with E-state index in [0.717, 1.165) is 23.8 Å². The first-order chi connectivity index (χ1) is 17.2. The molecule has 0 radical (unpaired) electrons. The number of nitrogens with one attached hydrogen (secondary N) is 1. The van der Waals surface area contributed by atoms with E-state index in [-0.39, 0.29) is 17.7 Å². The standard InChI is InChI=1S/C29H36N4O3/c1-20(2)11-13-33(14-12-21(3)4)29(35)31-25-9-10-26-24(16-25)17-27(36-26)28(34)32(5)19-23-8-6-7-22(15-23)18-30/h6-10,15-17,20-21H,11-14,19H2,1-5H3,(H,31,35). The van der Waals surface area contributed by atoms with Crippen LogP contribution in [0.1, 0.15) is 62.2 Å². The third kappa shape index (κ3) is 7.35. The lowest BCUT2D eigenvalue weighted by Gasteiger charge is -2.25. The molecule has 0 aliphatic heterocycles. The van der Waals surface area contributed by atoms with Crippen LogP contribution in [0, 0.1) is 23.2 Å². The Hall–Kier alpha value is -3.79. The van der Waals surface area contributed by atoms with Crippen molar-refractivity contribution in [3.05, 3.63) is 65.4 Å². The van der Waals surface area contributed by atoms with Gasteiger partial charge in [0.2, 0.25) is 0 Å². The van der Waals surface area contributed by atoms with Crippen molar-refractivity contribution in [3.63, 3.8) is 0 Å². The normalized spacial score (nSPS) is 11.1. The molecule has 0 saturated heterocycles. The van der Waals surface area contributed by atoms with Crippen LogP contribution in [0.3, 0.4) is 0 Å². The van der Waals surface area contributed by atoms with Crippen molar-refractivity contribution in [2.45, 2.75) is 47.1 Å². The van der Waals surface area contributed by atoms with Crippen LogP contribution in [0.5, 0.6) is 0 Å². The molecule has 0 fully saturated rings. The van der Waals surface area contributed by atoms with Crippen molar-refractivity contribution < 1.29 is 14.0 Å². The monoisotopic (exact) mass is 488 g/mol. The number of nitriles is 1. The summed E-state index contributed by atoms with van der Waals surface area (Å²) in [4.78, 5) is 29.4. The van der Waals surface area contributed by atoms with Crippen molar-refractivity contribution in [2.24, 2.45) is 11.8 Å². The Bertz CT molecular complexity index is 1230. The Morgan fingerprint density at radius 2 is 1.69 bits per heavy atom. The lowest BCUT2D eigenvalue weighted by atomic mass is 10.1. The molecule has 3 rings (SSSR count). The van der Waals surface area contributed by atoms with Gasteiger partial charge in [-0.25, -0.2) is 4.79 Å². The highest BCUT2D eigenvalue weighted by Crippen LogP contribution is 2.25. The van der Waals surface area contributed by atoms with Gasteiger partial charge in [-0.05, 0) is 66.6 Å². The SMILES string of the molecule is CC(C)CCN(CCC(C)C)C(=O)Nc1ccc2oc(C(=O)N(C)Cc3cccc(C#N)c3)cc2c1. The molecule has 1 N–H and O–H groups in total. The molecule has 7 nitrogen and oxygen atoms in total. The molecular weight excluding hydrogens is 452 g/mol. The van der Waals surface area contributed by atoms with E-state index in [9.17, 15) is 9.59 Å². The second-order valence-corrected chi connectivity index (χ2v) is 10.1. The molecule has 0 unspecified atom stereocenters. The van der Waals surface area contributed by atoms with Gasteiger partial charge < -0.3 is 19.5 Å². The van der Waals surface area contributed by atoms with Crippen LogP contribution in [0.15, 0.2) is 52.9 Å². The first kappa shape index (κ1) is 26.8. The molecular formula is C29H36N4O3. The van der Waals surface area contributed by atoms with Gasteiger partial charge in [0.15, 0.2) is 5.76 Å². The third-order valence-corrected chi connectivity index (χ3v) is 6.04. The van der Waals surface area contributed by atoms with Crippen molar-refractivity contribution in [3.8, 4) is 6.07 Å². The van der Waals surface area contributed by atoms with Crippen LogP contribution in [0.25, 0.3) is 11.0 Å². The zero-order valence-corrected chi connectivity index (χ0v) is 21.9. The van der Waals surface area contributed by atoms with E-state index in [0.29, 0.717) is 48.3 Å². The summed E-state index contributed by atoms with van der Waals surface area (Å²) in [5, 5.41) is 12.8. The van der Waals surface area contributed by atoms with E-state index >= 15 is 0 Å². The van der Waals surface area contributed by atoms with Crippen LogP contribution in [-0.4, -0.2) is 41.9 Å². The van der Waals surface area contributed by atoms with E-state index in [1.54, 1.807) is 48.3 Å². The van der Waals surface area contributed by atoms with Gasteiger partial charge in [0.25, 0.3) is 5.91 Å². The number of benzene rings is 2. The second kappa shape index (κ2) is 12.3. The Labute approximate surface area is 213 Å². The third-order valence-electron chi connectivity index (χ3n) is 6.04. The number of furan rings is 1. The summed E-state index contributed by atoms with van der Waals surface area (Å²) in [5.41, 5.74) is 2.66. The minimum atomic E-state index is -0.257. The van der Waals surface area contributed by atoms with Gasteiger partial charge in [0.05, 0.1) is 11.6 Å². The topological polar surface area (TPSA) is 89.6 Å². The molecule has 3 amide bonds. The summed E-state index contributed by atoms with van der Waals surface area (Å²) in [6.07, 6.45) is 1.90. The molecule has 190 valence electrons. The largest absolute Gasteiger partial charge is 0.451 e. The summed E-state index contributed by atoms with van der Waals surface area (Å²) in [6.45, 7) is 10.4. The second-order valence-electron chi connectivity index (χ2n) is 10.1. The molecule has 0 aliphatic rings. The predicted octanol–water partition coefficient (Wildman–Crippen LogP) is 6.50. The average Bonchev–Trinajstić information content (AvgIpc) is 3.26. The van der Waals surface area contributed by atoms with Crippen LogP contribution >= 0.6 is 0 Å². The number of carbonyl (C=O) groups is 2. The minimum absolute atomic E-state index is 0.116. The van der Waals surface area contributed by atoms with Gasteiger partial charge in [0, 0.05) is 37.8 Å². The number of urea groups is 1. The van der Waals surface area contributed by atoms with Gasteiger partial charge >= 0.3 is 6.03 Å². The fourth-order valence-corrected chi connectivity index (χ4v) is 3.85. The maximum Gasteiger partial charge on any atom is 0.321 e. The quantitative estimate of drug-likeness (QED) is 0.353. The van der Waals surface area contributed by atoms with Crippen LogP contribution in [0.4, 0.5) is 10.5 Å². The Kier molecular flexibility index (Phi) is 9.13. The smallest absolute Gasteiger partial charge is 0.321 e. The fraction of sp³-hybridized carbons (Fsp3) is 0.414. The van der Waals surface area contributed by atoms with Gasteiger partial charge in [-0.3, -0.25) is 4.79 Å². The zero-order valence-electron chi connectivity index (χ0n) is 21.9. The summed E-state index contributed by atoms with van der Waals surface area (Å²) in [7, 11) is 1.70.